The first kappa shape index (κ1) is 12.3. The fourth-order valence-electron chi connectivity index (χ4n) is 3.73. The van der Waals surface area contributed by atoms with E-state index in [-0.39, 0.29) is 0 Å². The highest BCUT2D eigenvalue weighted by Gasteiger charge is 2.47. The van der Waals surface area contributed by atoms with Gasteiger partial charge in [0.25, 0.3) is 0 Å². The maximum absolute atomic E-state index is 4.51. The molecule has 2 nitrogen and oxygen atoms in total. The van der Waals surface area contributed by atoms with E-state index in [1.54, 1.807) is 0 Å². The van der Waals surface area contributed by atoms with Crippen molar-refractivity contribution in [1.82, 2.24) is 10.2 Å². The van der Waals surface area contributed by atoms with Crippen LogP contribution in [0.5, 0.6) is 0 Å². The number of hydrogen-bond acceptors (Lipinski definition) is 3. The normalized spacial score (nSPS) is 34.1. The van der Waals surface area contributed by atoms with Crippen molar-refractivity contribution >= 4 is 11.3 Å². The standard InChI is InChI=1S/C15H22N2S/c1-8(2)12-10-5-6-11(7-10)13(12)15-17-16-14(18-15)9(3)4/h5-6,8-13H,7H2,1-4H3. The Morgan fingerprint density at radius 2 is 1.83 bits per heavy atom. The van der Waals surface area contributed by atoms with E-state index >= 15 is 0 Å². The van der Waals surface area contributed by atoms with Crippen molar-refractivity contribution in [3.63, 3.8) is 0 Å². The third kappa shape index (κ3) is 1.83. The van der Waals surface area contributed by atoms with E-state index in [9.17, 15) is 0 Å². The first-order valence-corrected chi connectivity index (χ1v) is 7.91. The molecule has 3 rings (SSSR count). The summed E-state index contributed by atoms with van der Waals surface area (Å²) in [7, 11) is 0. The van der Waals surface area contributed by atoms with Gasteiger partial charge in [0.2, 0.25) is 0 Å². The summed E-state index contributed by atoms with van der Waals surface area (Å²) in [5.41, 5.74) is 0. The molecule has 0 aromatic carbocycles. The van der Waals surface area contributed by atoms with Crippen molar-refractivity contribution in [2.24, 2.45) is 23.7 Å². The van der Waals surface area contributed by atoms with Crippen molar-refractivity contribution < 1.29 is 0 Å². The summed E-state index contributed by atoms with van der Waals surface area (Å²) < 4.78 is 0. The quantitative estimate of drug-likeness (QED) is 0.762. The molecule has 1 heterocycles. The topological polar surface area (TPSA) is 25.8 Å². The van der Waals surface area contributed by atoms with E-state index in [4.69, 9.17) is 0 Å². The second-order valence-corrected chi connectivity index (χ2v) is 7.47. The van der Waals surface area contributed by atoms with Gasteiger partial charge in [-0.1, -0.05) is 39.8 Å². The Morgan fingerprint density at radius 1 is 1.11 bits per heavy atom. The second-order valence-electron chi connectivity index (χ2n) is 6.43. The molecule has 1 saturated carbocycles. The SMILES string of the molecule is CC(C)c1nnc(C2C3C=CC(C3)C2C(C)C)s1. The average molecular weight is 262 g/mol. The maximum atomic E-state index is 4.51. The molecule has 2 aliphatic carbocycles. The van der Waals surface area contributed by atoms with E-state index in [0.717, 1.165) is 23.7 Å². The van der Waals surface area contributed by atoms with Gasteiger partial charge in [0.05, 0.1) is 0 Å². The van der Waals surface area contributed by atoms with Gasteiger partial charge in [-0.2, -0.15) is 0 Å². The van der Waals surface area contributed by atoms with Crippen LogP contribution in [-0.4, -0.2) is 10.2 Å². The van der Waals surface area contributed by atoms with Crippen LogP contribution in [0.4, 0.5) is 0 Å². The summed E-state index contributed by atoms with van der Waals surface area (Å²) in [6.07, 6.45) is 6.20. The zero-order chi connectivity index (χ0) is 12.9. The summed E-state index contributed by atoms with van der Waals surface area (Å²) in [4.78, 5) is 0. The van der Waals surface area contributed by atoms with Crippen LogP contribution in [0.3, 0.4) is 0 Å². The van der Waals surface area contributed by atoms with Gasteiger partial charge in [-0.25, -0.2) is 0 Å². The average Bonchev–Trinajstić information content (AvgIpc) is 3.02. The minimum absolute atomic E-state index is 0.503. The molecule has 0 aliphatic heterocycles. The molecule has 2 aliphatic rings. The molecular weight excluding hydrogens is 240 g/mol. The van der Waals surface area contributed by atoms with E-state index in [1.165, 1.54) is 16.4 Å². The first-order chi connectivity index (χ1) is 8.58. The molecule has 4 atom stereocenters. The van der Waals surface area contributed by atoms with Crippen LogP contribution >= 0.6 is 11.3 Å². The van der Waals surface area contributed by atoms with Crippen LogP contribution in [0, 0.1) is 23.7 Å². The molecule has 0 radical (unpaired) electrons. The van der Waals surface area contributed by atoms with Gasteiger partial charge < -0.3 is 0 Å². The number of rotatable bonds is 3. The monoisotopic (exact) mass is 262 g/mol. The number of fused-ring (bicyclic) bond motifs is 2. The molecule has 1 aromatic heterocycles. The van der Waals surface area contributed by atoms with E-state index in [0.29, 0.717) is 11.8 Å². The molecule has 3 heteroatoms. The molecule has 18 heavy (non-hydrogen) atoms. The predicted octanol–water partition coefficient (Wildman–Crippen LogP) is 4.22. The molecule has 0 spiro atoms. The second kappa shape index (κ2) is 4.44. The Hall–Kier alpha value is -0.700. The number of aromatic nitrogens is 2. The lowest BCUT2D eigenvalue weighted by molar-refractivity contribution is 0.292. The summed E-state index contributed by atoms with van der Waals surface area (Å²) in [5.74, 6) is 4.14. The van der Waals surface area contributed by atoms with Gasteiger partial charge in [-0.3, -0.25) is 0 Å². The minimum Gasteiger partial charge on any atom is -0.143 e. The van der Waals surface area contributed by atoms with E-state index in [1.807, 2.05) is 11.3 Å². The Kier molecular flexibility index (Phi) is 3.05. The Balaban J connectivity index is 1.92. The summed E-state index contributed by atoms with van der Waals surface area (Å²) in [6, 6.07) is 0. The van der Waals surface area contributed by atoms with Gasteiger partial charge in [-0.15, -0.1) is 21.5 Å². The number of allylic oxidation sites excluding steroid dienone is 2. The van der Waals surface area contributed by atoms with Gasteiger partial charge in [0.15, 0.2) is 0 Å². The third-order valence-electron chi connectivity index (χ3n) is 4.53. The largest absolute Gasteiger partial charge is 0.143 e. The summed E-state index contributed by atoms with van der Waals surface area (Å²) in [6.45, 7) is 9.11. The highest BCUT2D eigenvalue weighted by molar-refractivity contribution is 7.11. The molecule has 0 saturated heterocycles. The lowest BCUT2D eigenvalue weighted by Gasteiger charge is -2.29. The number of nitrogens with zero attached hydrogens (tertiary/aromatic N) is 2. The van der Waals surface area contributed by atoms with Gasteiger partial charge in [-0.05, 0) is 30.1 Å². The zero-order valence-corrected chi connectivity index (χ0v) is 12.4. The smallest absolute Gasteiger partial charge is 0.121 e. The lowest BCUT2D eigenvalue weighted by Crippen LogP contribution is -2.22. The van der Waals surface area contributed by atoms with E-state index in [2.05, 4.69) is 50.0 Å². The van der Waals surface area contributed by atoms with E-state index < -0.39 is 0 Å². The summed E-state index contributed by atoms with van der Waals surface area (Å²) >= 11 is 1.84. The highest BCUT2D eigenvalue weighted by Crippen LogP contribution is 2.56. The molecule has 1 aromatic rings. The molecule has 4 unspecified atom stereocenters. The fraction of sp³-hybridized carbons (Fsp3) is 0.733. The third-order valence-corrected chi connectivity index (χ3v) is 5.85. The Morgan fingerprint density at radius 3 is 2.44 bits per heavy atom. The van der Waals surface area contributed by atoms with Crippen LogP contribution in [0.1, 0.15) is 56.0 Å². The Labute approximate surface area is 114 Å². The van der Waals surface area contributed by atoms with Crippen molar-refractivity contribution in [2.75, 3.05) is 0 Å². The van der Waals surface area contributed by atoms with Gasteiger partial charge in [0, 0.05) is 11.8 Å². The molecule has 2 bridgehead atoms. The summed E-state index contributed by atoms with van der Waals surface area (Å²) in [5, 5.41) is 11.4. The minimum atomic E-state index is 0.503. The van der Waals surface area contributed by atoms with Crippen LogP contribution in [-0.2, 0) is 0 Å². The lowest BCUT2D eigenvalue weighted by atomic mass is 9.77. The molecule has 1 fully saturated rings. The van der Waals surface area contributed by atoms with Crippen LogP contribution in [0.15, 0.2) is 12.2 Å². The van der Waals surface area contributed by atoms with Crippen LogP contribution < -0.4 is 0 Å². The van der Waals surface area contributed by atoms with Crippen molar-refractivity contribution in [3.05, 3.63) is 22.2 Å². The highest BCUT2D eigenvalue weighted by atomic mass is 32.1. The predicted molar refractivity (Wildman–Crippen MR) is 75.8 cm³/mol. The van der Waals surface area contributed by atoms with Crippen molar-refractivity contribution in [1.29, 1.82) is 0 Å². The fourth-order valence-corrected chi connectivity index (χ4v) is 4.81. The van der Waals surface area contributed by atoms with Gasteiger partial charge >= 0.3 is 0 Å². The van der Waals surface area contributed by atoms with Gasteiger partial charge in [0.1, 0.15) is 10.0 Å². The molecule has 0 amide bonds. The van der Waals surface area contributed by atoms with Crippen molar-refractivity contribution in [2.45, 2.75) is 46.0 Å². The molecule has 0 N–H and O–H groups in total. The van der Waals surface area contributed by atoms with Crippen molar-refractivity contribution in [3.8, 4) is 0 Å². The first-order valence-electron chi connectivity index (χ1n) is 7.09. The maximum Gasteiger partial charge on any atom is 0.121 e. The van der Waals surface area contributed by atoms with Crippen LogP contribution in [0.2, 0.25) is 0 Å². The molecule has 98 valence electrons. The zero-order valence-electron chi connectivity index (χ0n) is 11.6. The molecular formula is C15H22N2S. The Bertz CT molecular complexity index is 461. The van der Waals surface area contributed by atoms with Crippen LogP contribution in [0.25, 0.3) is 0 Å². The number of hydrogen-bond donors (Lipinski definition) is 0.